The van der Waals surface area contributed by atoms with Crippen molar-refractivity contribution in [1.29, 1.82) is 0 Å². The molecule has 3 aromatic rings. The molecule has 0 N–H and O–H groups in total. The average molecular weight is 393 g/mol. The van der Waals surface area contributed by atoms with Gasteiger partial charge >= 0.3 is 6.18 Å². The predicted molar refractivity (Wildman–Crippen MR) is 98.2 cm³/mol. The largest absolute Gasteiger partial charge is 0.416 e. The Hall–Kier alpha value is -2.52. The Labute approximate surface area is 159 Å². The van der Waals surface area contributed by atoms with Crippen molar-refractivity contribution < 1.29 is 13.2 Å². The Morgan fingerprint density at radius 3 is 2.30 bits per heavy atom. The van der Waals surface area contributed by atoms with Crippen molar-refractivity contribution in [3.05, 3.63) is 64.7 Å². The lowest BCUT2D eigenvalue weighted by Gasteiger charge is -2.17. The molecule has 9 heteroatoms. The minimum absolute atomic E-state index is 0.415. The van der Waals surface area contributed by atoms with Crippen molar-refractivity contribution in [2.24, 2.45) is 7.05 Å². The van der Waals surface area contributed by atoms with Gasteiger partial charge in [0.2, 0.25) is 0 Å². The summed E-state index contributed by atoms with van der Waals surface area (Å²) in [6.45, 7) is 0.889. The smallest absolute Gasteiger partial charge is 0.303 e. The lowest BCUT2D eigenvalue weighted by Crippen LogP contribution is -2.22. The fraction of sp³-hybridized carbons (Fsp3) is 0.278. The number of alkyl halides is 3. The monoisotopic (exact) mass is 393 g/mol. The zero-order valence-corrected chi connectivity index (χ0v) is 15.6. The zero-order chi connectivity index (χ0) is 19.6. The van der Waals surface area contributed by atoms with Crippen LogP contribution in [0, 0.1) is 4.77 Å². The van der Waals surface area contributed by atoms with Crippen LogP contribution in [0.25, 0.3) is 11.4 Å². The molecule has 1 aromatic carbocycles. The number of halogens is 3. The summed E-state index contributed by atoms with van der Waals surface area (Å²) in [7, 11) is 3.71. The van der Waals surface area contributed by atoms with Crippen LogP contribution in [0.1, 0.15) is 11.1 Å². The van der Waals surface area contributed by atoms with Gasteiger partial charge in [-0.25, -0.2) is 4.68 Å². The fourth-order valence-corrected chi connectivity index (χ4v) is 2.91. The van der Waals surface area contributed by atoms with E-state index in [0.29, 0.717) is 18.0 Å². The Morgan fingerprint density at radius 2 is 1.70 bits per heavy atom. The molecule has 2 aromatic heterocycles. The van der Waals surface area contributed by atoms with Gasteiger partial charge < -0.3 is 4.57 Å². The highest BCUT2D eigenvalue weighted by atomic mass is 32.1. The van der Waals surface area contributed by atoms with E-state index in [2.05, 4.69) is 10.1 Å². The van der Waals surface area contributed by atoms with Gasteiger partial charge in [-0.2, -0.15) is 18.3 Å². The average Bonchev–Trinajstić information content (AvgIpc) is 2.90. The minimum atomic E-state index is -4.32. The van der Waals surface area contributed by atoms with Gasteiger partial charge in [-0.05, 0) is 49.1 Å². The van der Waals surface area contributed by atoms with Crippen LogP contribution in [0.15, 0.2) is 48.8 Å². The first-order valence-corrected chi connectivity index (χ1v) is 8.55. The maximum absolute atomic E-state index is 12.7. The van der Waals surface area contributed by atoms with E-state index in [4.69, 9.17) is 12.2 Å². The van der Waals surface area contributed by atoms with E-state index in [0.717, 1.165) is 29.1 Å². The van der Waals surface area contributed by atoms with Crippen LogP contribution in [0.4, 0.5) is 13.2 Å². The third-order valence-corrected chi connectivity index (χ3v) is 4.57. The summed E-state index contributed by atoms with van der Waals surface area (Å²) in [6, 6.07) is 8.87. The summed E-state index contributed by atoms with van der Waals surface area (Å²) in [5, 5.41) is 4.56. The summed E-state index contributed by atoms with van der Waals surface area (Å²) < 4.78 is 42.0. The molecule has 2 heterocycles. The molecule has 0 saturated carbocycles. The van der Waals surface area contributed by atoms with Crippen LogP contribution in [-0.2, 0) is 26.4 Å². The van der Waals surface area contributed by atoms with E-state index in [-0.39, 0.29) is 0 Å². The van der Waals surface area contributed by atoms with Crippen LogP contribution in [-0.4, -0.2) is 31.3 Å². The molecule has 0 aliphatic rings. The highest BCUT2D eigenvalue weighted by Crippen LogP contribution is 2.29. The Bertz CT molecular complexity index is 961. The quantitative estimate of drug-likeness (QED) is 0.612. The van der Waals surface area contributed by atoms with E-state index in [9.17, 15) is 13.2 Å². The van der Waals surface area contributed by atoms with Crippen molar-refractivity contribution in [2.45, 2.75) is 19.4 Å². The molecule has 0 amide bonds. The summed E-state index contributed by atoms with van der Waals surface area (Å²) in [6.07, 6.45) is -0.947. The SMILES string of the molecule is CN(Cc1ccc(C(F)(F)F)cc1)Cn1nc(-c2ccncc2)n(C)c1=S. The molecule has 0 spiro atoms. The number of benzene rings is 1. The van der Waals surface area contributed by atoms with E-state index in [1.807, 2.05) is 35.7 Å². The van der Waals surface area contributed by atoms with Crippen molar-refractivity contribution in [3.8, 4) is 11.4 Å². The topological polar surface area (TPSA) is 38.9 Å². The Balaban J connectivity index is 1.73. The normalized spacial score (nSPS) is 11.9. The van der Waals surface area contributed by atoms with Crippen LogP contribution < -0.4 is 0 Å². The molecular formula is C18H18F3N5S. The molecule has 0 atom stereocenters. The van der Waals surface area contributed by atoms with Crippen LogP contribution in [0.3, 0.4) is 0 Å². The Kier molecular flexibility index (Phi) is 5.43. The van der Waals surface area contributed by atoms with Gasteiger partial charge in [0.1, 0.15) is 0 Å². The van der Waals surface area contributed by atoms with Crippen molar-refractivity contribution in [2.75, 3.05) is 7.05 Å². The third-order valence-electron chi connectivity index (χ3n) is 4.09. The molecule has 0 aliphatic carbocycles. The molecule has 142 valence electrons. The van der Waals surface area contributed by atoms with Crippen molar-refractivity contribution in [3.63, 3.8) is 0 Å². The first kappa shape index (κ1) is 19.2. The molecule has 3 rings (SSSR count). The minimum Gasteiger partial charge on any atom is -0.303 e. The van der Waals surface area contributed by atoms with Gasteiger partial charge in [0.05, 0.1) is 12.2 Å². The second-order valence-corrected chi connectivity index (χ2v) is 6.62. The summed E-state index contributed by atoms with van der Waals surface area (Å²) in [5.41, 5.74) is 1.04. The van der Waals surface area contributed by atoms with E-state index in [1.54, 1.807) is 17.1 Å². The second-order valence-electron chi connectivity index (χ2n) is 6.25. The molecule has 0 radical (unpaired) electrons. The van der Waals surface area contributed by atoms with E-state index in [1.165, 1.54) is 12.1 Å². The lowest BCUT2D eigenvalue weighted by atomic mass is 10.1. The number of rotatable bonds is 5. The number of aromatic nitrogens is 4. The maximum Gasteiger partial charge on any atom is 0.416 e. The number of hydrogen-bond acceptors (Lipinski definition) is 4. The number of pyridine rings is 1. The lowest BCUT2D eigenvalue weighted by molar-refractivity contribution is -0.137. The summed E-state index contributed by atoms with van der Waals surface area (Å²) in [4.78, 5) is 5.93. The van der Waals surface area contributed by atoms with Gasteiger partial charge in [0.25, 0.3) is 0 Å². The van der Waals surface area contributed by atoms with Crippen LogP contribution in [0.5, 0.6) is 0 Å². The zero-order valence-electron chi connectivity index (χ0n) is 14.8. The molecular weight excluding hydrogens is 375 g/mol. The summed E-state index contributed by atoms with van der Waals surface area (Å²) in [5.74, 6) is 0.727. The molecule has 0 aliphatic heterocycles. The van der Waals surface area contributed by atoms with Crippen molar-refractivity contribution >= 4 is 12.2 Å². The highest BCUT2D eigenvalue weighted by molar-refractivity contribution is 7.71. The molecule has 0 saturated heterocycles. The van der Waals surface area contributed by atoms with Crippen LogP contribution in [0.2, 0.25) is 0 Å². The maximum atomic E-state index is 12.7. The predicted octanol–water partition coefficient (Wildman–Crippen LogP) is 4.12. The molecule has 0 unspecified atom stereocenters. The first-order valence-electron chi connectivity index (χ1n) is 8.14. The van der Waals surface area contributed by atoms with Crippen LogP contribution >= 0.6 is 12.2 Å². The van der Waals surface area contributed by atoms with Gasteiger partial charge in [-0.1, -0.05) is 12.1 Å². The van der Waals surface area contributed by atoms with Gasteiger partial charge in [0.15, 0.2) is 10.6 Å². The molecule has 0 fully saturated rings. The first-order chi connectivity index (χ1) is 12.8. The second kappa shape index (κ2) is 7.61. The summed E-state index contributed by atoms with van der Waals surface area (Å²) >= 11 is 5.45. The highest BCUT2D eigenvalue weighted by Gasteiger charge is 2.29. The molecule has 27 heavy (non-hydrogen) atoms. The molecule has 0 bridgehead atoms. The standard InChI is InChI=1S/C18H18F3N5S/c1-24(11-13-3-5-15(6-4-13)18(19,20)21)12-26-17(27)25(2)16(23-26)14-7-9-22-10-8-14/h3-10H,11-12H2,1-2H3. The van der Waals surface area contributed by atoms with Crippen molar-refractivity contribution in [1.82, 2.24) is 24.2 Å². The third kappa shape index (κ3) is 4.42. The Morgan fingerprint density at radius 1 is 1.07 bits per heavy atom. The molecule has 5 nitrogen and oxygen atoms in total. The van der Waals surface area contributed by atoms with Gasteiger partial charge in [-0.15, -0.1) is 0 Å². The number of nitrogens with zero attached hydrogens (tertiary/aromatic N) is 5. The fourth-order valence-electron chi connectivity index (χ4n) is 2.72. The number of hydrogen-bond donors (Lipinski definition) is 0. The van der Waals surface area contributed by atoms with E-state index < -0.39 is 11.7 Å². The van der Waals surface area contributed by atoms with Gasteiger partial charge in [-0.3, -0.25) is 9.88 Å². The van der Waals surface area contributed by atoms with E-state index >= 15 is 0 Å². The van der Waals surface area contributed by atoms with Gasteiger partial charge in [0, 0.05) is 31.5 Å².